The highest BCUT2D eigenvalue weighted by molar-refractivity contribution is 7.89. The number of rotatable bonds is 4. The molecule has 0 saturated carbocycles. The molecular weight excluding hydrogens is 352 g/mol. The Labute approximate surface area is 153 Å². The minimum absolute atomic E-state index is 0.0980. The van der Waals surface area contributed by atoms with Gasteiger partial charge in [0.25, 0.3) is 5.91 Å². The molecule has 0 bridgehead atoms. The van der Waals surface area contributed by atoms with Crippen LogP contribution < -0.4 is 14.8 Å². The monoisotopic (exact) mass is 374 g/mol. The lowest BCUT2D eigenvalue weighted by Gasteiger charge is -2.20. The summed E-state index contributed by atoms with van der Waals surface area (Å²) < 4.78 is 33.1. The van der Waals surface area contributed by atoms with E-state index in [1.165, 1.54) is 12.1 Å². The Balaban J connectivity index is 1.73. The first-order valence-electron chi connectivity index (χ1n) is 8.33. The molecular formula is C19H22N2O4S. The number of benzene rings is 2. The highest BCUT2D eigenvalue weighted by Gasteiger charge is 2.29. The van der Waals surface area contributed by atoms with Crippen LogP contribution in [-0.4, -0.2) is 26.0 Å². The van der Waals surface area contributed by atoms with Gasteiger partial charge in [-0.15, -0.1) is 0 Å². The zero-order valence-electron chi connectivity index (χ0n) is 14.9. The minimum Gasteiger partial charge on any atom is -0.480 e. The lowest BCUT2D eigenvalue weighted by Crippen LogP contribution is -2.40. The van der Waals surface area contributed by atoms with Gasteiger partial charge in [-0.05, 0) is 50.6 Å². The van der Waals surface area contributed by atoms with Crippen LogP contribution in [0.2, 0.25) is 0 Å². The normalized spacial score (nSPS) is 16.7. The van der Waals surface area contributed by atoms with Crippen molar-refractivity contribution in [3.8, 4) is 5.75 Å². The van der Waals surface area contributed by atoms with Gasteiger partial charge in [-0.25, -0.2) is 13.1 Å². The minimum atomic E-state index is -3.67. The second-order valence-electron chi connectivity index (χ2n) is 7.29. The van der Waals surface area contributed by atoms with E-state index >= 15 is 0 Å². The van der Waals surface area contributed by atoms with Crippen molar-refractivity contribution in [1.29, 1.82) is 0 Å². The summed E-state index contributed by atoms with van der Waals surface area (Å²) in [4.78, 5) is 12.6. The highest BCUT2D eigenvalue weighted by atomic mass is 32.2. The van der Waals surface area contributed by atoms with Crippen LogP contribution in [0.3, 0.4) is 0 Å². The molecule has 2 N–H and O–H groups in total. The van der Waals surface area contributed by atoms with E-state index in [1.807, 2.05) is 24.3 Å². The summed E-state index contributed by atoms with van der Waals surface area (Å²) in [7, 11) is -3.67. The first-order chi connectivity index (χ1) is 12.1. The first kappa shape index (κ1) is 18.4. The van der Waals surface area contributed by atoms with E-state index in [2.05, 4.69) is 10.0 Å². The summed E-state index contributed by atoms with van der Waals surface area (Å²) in [6.07, 6.45) is -0.133. The topological polar surface area (TPSA) is 84.5 Å². The van der Waals surface area contributed by atoms with E-state index in [-0.39, 0.29) is 10.8 Å². The molecule has 1 amide bonds. The van der Waals surface area contributed by atoms with Gasteiger partial charge < -0.3 is 10.1 Å². The third kappa shape index (κ3) is 4.23. The summed E-state index contributed by atoms with van der Waals surface area (Å²) >= 11 is 0. The van der Waals surface area contributed by atoms with Gasteiger partial charge in [0.15, 0.2) is 6.10 Å². The smallest absolute Gasteiger partial charge is 0.265 e. The first-order valence-corrected chi connectivity index (χ1v) is 9.82. The van der Waals surface area contributed by atoms with Crippen LogP contribution in [0.1, 0.15) is 26.3 Å². The maximum atomic E-state index is 12.5. The number of ether oxygens (including phenoxy) is 1. The van der Waals surface area contributed by atoms with E-state index in [0.29, 0.717) is 17.9 Å². The summed E-state index contributed by atoms with van der Waals surface area (Å²) in [6, 6.07) is 13.7. The molecule has 0 aliphatic carbocycles. The number of carbonyl (C=O) groups is 1. The van der Waals surface area contributed by atoms with Crippen LogP contribution in [-0.2, 0) is 21.2 Å². The van der Waals surface area contributed by atoms with Crippen LogP contribution >= 0.6 is 0 Å². The van der Waals surface area contributed by atoms with Crippen LogP contribution in [0, 0.1) is 0 Å². The van der Waals surface area contributed by atoms with E-state index < -0.39 is 21.7 Å². The summed E-state index contributed by atoms with van der Waals surface area (Å²) in [5.74, 6) is 0.401. The Morgan fingerprint density at radius 1 is 1.12 bits per heavy atom. The molecule has 0 unspecified atom stereocenters. The van der Waals surface area contributed by atoms with E-state index in [1.54, 1.807) is 32.9 Å². The Morgan fingerprint density at radius 2 is 1.85 bits per heavy atom. The highest BCUT2D eigenvalue weighted by Crippen LogP contribution is 2.28. The van der Waals surface area contributed by atoms with Crippen molar-refractivity contribution in [1.82, 2.24) is 4.72 Å². The van der Waals surface area contributed by atoms with Crippen molar-refractivity contribution in [2.24, 2.45) is 0 Å². The molecule has 2 aromatic rings. The Hall–Kier alpha value is -2.38. The SMILES string of the molecule is CC(C)(C)NS(=O)(=O)c1cccc(NC(=O)[C@H]2Cc3ccccc3O2)c1. The lowest BCUT2D eigenvalue weighted by molar-refractivity contribution is -0.122. The van der Waals surface area contributed by atoms with Crippen LogP contribution in [0.5, 0.6) is 5.75 Å². The fourth-order valence-electron chi connectivity index (χ4n) is 2.75. The molecule has 0 fully saturated rings. The second kappa shape index (κ2) is 6.74. The van der Waals surface area contributed by atoms with Crippen LogP contribution in [0.4, 0.5) is 5.69 Å². The number of nitrogens with one attached hydrogen (secondary N) is 2. The number of carbonyl (C=O) groups excluding carboxylic acids is 1. The molecule has 26 heavy (non-hydrogen) atoms. The average Bonchev–Trinajstić information content (AvgIpc) is 2.97. The Bertz CT molecular complexity index is 908. The average molecular weight is 374 g/mol. The molecule has 0 radical (unpaired) electrons. The predicted molar refractivity (Wildman–Crippen MR) is 99.7 cm³/mol. The lowest BCUT2D eigenvalue weighted by atomic mass is 10.1. The van der Waals surface area contributed by atoms with Gasteiger partial charge in [0, 0.05) is 17.6 Å². The molecule has 0 saturated heterocycles. The molecule has 1 heterocycles. The van der Waals surface area contributed by atoms with Gasteiger partial charge in [0.1, 0.15) is 5.75 Å². The van der Waals surface area contributed by atoms with Crippen molar-refractivity contribution >= 4 is 21.6 Å². The van der Waals surface area contributed by atoms with Crippen LogP contribution in [0.15, 0.2) is 53.4 Å². The van der Waals surface area contributed by atoms with Gasteiger partial charge in [-0.2, -0.15) is 0 Å². The summed E-state index contributed by atoms with van der Waals surface area (Å²) in [5.41, 5.74) is 0.798. The fraction of sp³-hybridized carbons (Fsp3) is 0.316. The number of para-hydroxylation sites is 1. The molecule has 1 atom stereocenters. The molecule has 6 nitrogen and oxygen atoms in total. The number of sulfonamides is 1. The standard InChI is InChI=1S/C19H22N2O4S/c1-19(2,3)21-26(23,24)15-9-6-8-14(12-15)20-18(22)17-11-13-7-4-5-10-16(13)25-17/h4-10,12,17,21H,11H2,1-3H3,(H,20,22)/t17-/m1/s1. The molecule has 138 valence electrons. The molecule has 2 aromatic carbocycles. The molecule has 0 aromatic heterocycles. The third-order valence-corrected chi connectivity index (χ3v) is 5.55. The van der Waals surface area contributed by atoms with Gasteiger partial charge in [-0.3, -0.25) is 4.79 Å². The molecule has 1 aliphatic heterocycles. The zero-order valence-corrected chi connectivity index (χ0v) is 15.8. The van der Waals surface area contributed by atoms with Gasteiger partial charge >= 0.3 is 0 Å². The molecule has 3 rings (SSSR count). The number of anilines is 1. The largest absolute Gasteiger partial charge is 0.480 e. The summed E-state index contributed by atoms with van der Waals surface area (Å²) in [6.45, 7) is 5.31. The Kier molecular flexibility index (Phi) is 4.77. The van der Waals surface area contributed by atoms with E-state index in [4.69, 9.17) is 4.74 Å². The van der Waals surface area contributed by atoms with E-state index in [9.17, 15) is 13.2 Å². The van der Waals surface area contributed by atoms with Crippen molar-refractivity contribution in [2.45, 2.75) is 43.7 Å². The third-order valence-electron chi connectivity index (χ3n) is 3.79. The molecule has 1 aliphatic rings. The maximum absolute atomic E-state index is 12.5. The maximum Gasteiger partial charge on any atom is 0.265 e. The number of amides is 1. The Morgan fingerprint density at radius 3 is 2.54 bits per heavy atom. The fourth-order valence-corrected chi connectivity index (χ4v) is 4.22. The van der Waals surface area contributed by atoms with Crippen molar-refractivity contribution in [3.05, 3.63) is 54.1 Å². The quantitative estimate of drug-likeness (QED) is 0.862. The van der Waals surface area contributed by atoms with Gasteiger partial charge in [-0.1, -0.05) is 24.3 Å². The van der Waals surface area contributed by atoms with Gasteiger partial charge in [0.2, 0.25) is 10.0 Å². The number of fused-ring (bicyclic) bond motifs is 1. The van der Waals surface area contributed by atoms with Crippen molar-refractivity contribution in [2.75, 3.05) is 5.32 Å². The predicted octanol–water partition coefficient (Wildman–Crippen LogP) is 2.71. The van der Waals surface area contributed by atoms with Crippen molar-refractivity contribution in [3.63, 3.8) is 0 Å². The van der Waals surface area contributed by atoms with Crippen LogP contribution in [0.25, 0.3) is 0 Å². The second-order valence-corrected chi connectivity index (χ2v) is 8.97. The van der Waals surface area contributed by atoms with Crippen molar-refractivity contribution < 1.29 is 17.9 Å². The zero-order chi connectivity index (χ0) is 18.9. The summed E-state index contributed by atoms with van der Waals surface area (Å²) in [5, 5.41) is 2.74. The number of hydrogen-bond acceptors (Lipinski definition) is 4. The van der Waals surface area contributed by atoms with Gasteiger partial charge in [0.05, 0.1) is 4.90 Å². The molecule has 7 heteroatoms. The van der Waals surface area contributed by atoms with E-state index in [0.717, 1.165) is 5.56 Å². The number of hydrogen-bond donors (Lipinski definition) is 2. The molecule has 0 spiro atoms.